The molecule has 98 valence electrons. The Morgan fingerprint density at radius 2 is 1.59 bits per heavy atom. The lowest BCUT2D eigenvalue weighted by Crippen LogP contribution is -2.24. The van der Waals surface area contributed by atoms with Crippen molar-refractivity contribution in [2.75, 3.05) is 6.54 Å². The van der Waals surface area contributed by atoms with Crippen molar-refractivity contribution >= 4 is 11.7 Å². The van der Waals surface area contributed by atoms with Crippen molar-refractivity contribution in [3.63, 3.8) is 0 Å². The molecule has 0 aromatic carbocycles. The van der Waals surface area contributed by atoms with E-state index in [-0.39, 0.29) is 11.8 Å². The van der Waals surface area contributed by atoms with Gasteiger partial charge in [0.05, 0.1) is 0 Å². The molecule has 0 aromatic heterocycles. The average molecular weight is 239 g/mol. The van der Waals surface area contributed by atoms with Crippen LogP contribution in [0.2, 0.25) is 0 Å². The number of rotatable bonds is 5. The highest BCUT2D eigenvalue weighted by atomic mass is 16.2. The SMILES string of the molecule is CCNC(=O)CCC(=O)C1CCCCCCC1. The van der Waals surface area contributed by atoms with Crippen LogP contribution in [0.4, 0.5) is 0 Å². The van der Waals surface area contributed by atoms with Crippen molar-refractivity contribution in [1.29, 1.82) is 0 Å². The van der Waals surface area contributed by atoms with Gasteiger partial charge in [0.2, 0.25) is 5.91 Å². The number of amides is 1. The fraction of sp³-hybridized carbons (Fsp3) is 0.857. The Morgan fingerprint density at radius 1 is 1.00 bits per heavy atom. The molecule has 3 nitrogen and oxygen atoms in total. The summed E-state index contributed by atoms with van der Waals surface area (Å²) in [6.07, 6.45) is 9.07. The zero-order chi connectivity index (χ0) is 12.5. The molecule has 1 amide bonds. The van der Waals surface area contributed by atoms with Crippen LogP contribution in [-0.2, 0) is 9.59 Å². The van der Waals surface area contributed by atoms with Gasteiger partial charge in [-0.15, -0.1) is 0 Å². The standard InChI is InChI=1S/C14H25NO2/c1-2-15-14(17)11-10-13(16)12-8-6-4-3-5-7-9-12/h12H,2-11H2,1H3,(H,15,17). The monoisotopic (exact) mass is 239 g/mol. The van der Waals surface area contributed by atoms with Crippen molar-refractivity contribution in [3.05, 3.63) is 0 Å². The summed E-state index contributed by atoms with van der Waals surface area (Å²) in [6.45, 7) is 2.55. The zero-order valence-electron chi connectivity index (χ0n) is 11.0. The van der Waals surface area contributed by atoms with Crippen LogP contribution in [0.3, 0.4) is 0 Å². The van der Waals surface area contributed by atoms with Crippen molar-refractivity contribution in [3.8, 4) is 0 Å². The number of carbonyl (C=O) groups is 2. The van der Waals surface area contributed by atoms with Gasteiger partial charge in [-0.05, 0) is 19.8 Å². The van der Waals surface area contributed by atoms with Crippen LogP contribution >= 0.6 is 0 Å². The summed E-state index contributed by atoms with van der Waals surface area (Å²) in [5, 5.41) is 2.73. The van der Waals surface area contributed by atoms with Crippen LogP contribution in [0.15, 0.2) is 0 Å². The summed E-state index contributed by atoms with van der Waals surface area (Å²) in [7, 11) is 0. The first kappa shape index (κ1) is 14.2. The maximum atomic E-state index is 12.0. The van der Waals surface area contributed by atoms with Crippen LogP contribution in [0.25, 0.3) is 0 Å². The van der Waals surface area contributed by atoms with E-state index in [1.54, 1.807) is 0 Å². The van der Waals surface area contributed by atoms with Crippen LogP contribution in [0.5, 0.6) is 0 Å². The van der Waals surface area contributed by atoms with Gasteiger partial charge in [0, 0.05) is 25.3 Å². The molecule has 0 spiro atoms. The summed E-state index contributed by atoms with van der Waals surface area (Å²) in [6, 6.07) is 0. The predicted molar refractivity (Wildman–Crippen MR) is 68.7 cm³/mol. The largest absolute Gasteiger partial charge is 0.356 e. The molecule has 1 N–H and O–H groups in total. The lowest BCUT2D eigenvalue weighted by molar-refractivity contribution is -0.127. The van der Waals surface area contributed by atoms with Crippen molar-refractivity contribution < 1.29 is 9.59 Å². The third-order valence-electron chi connectivity index (χ3n) is 3.53. The van der Waals surface area contributed by atoms with Gasteiger partial charge in [-0.25, -0.2) is 0 Å². The molecule has 0 aliphatic heterocycles. The Morgan fingerprint density at radius 3 is 2.18 bits per heavy atom. The Kier molecular flexibility index (Phi) is 6.90. The minimum Gasteiger partial charge on any atom is -0.356 e. The van der Waals surface area contributed by atoms with Gasteiger partial charge in [0.1, 0.15) is 5.78 Å². The van der Waals surface area contributed by atoms with E-state index >= 15 is 0 Å². The molecule has 0 saturated heterocycles. The number of nitrogens with one attached hydrogen (secondary N) is 1. The highest BCUT2D eigenvalue weighted by Gasteiger charge is 2.19. The molecule has 1 fully saturated rings. The number of ketones is 1. The van der Waals surface area contributed by atoms with Gasteiger partial charge in [0.25, 0.3) is 0 Å². The Balaban J connectivity index is 2.27. The molecular formula is C14H25NO2. The Bertz CT molecular complexity index is 243. The van der Waals surface area contributed by atoms with E-state index in [0.717, 1.165) is 12.8 Å². The highest BCUT2D eigenvalue weighted by Crippen LogP contribution is 2.24. The van der Waals surface area contributed by atoms with Gasteiger partial charge >= 0.3 is 0 Å². The van der Waals surface area contributed by atoms with Gasteiger partial charge < -0.3 is 5.32 Å². The lowest BCUT2D eigenvalue weighted by atomic mass is 9.86. The summed E-state index contributed by atoms with van der Waals surface area (Å²) < 4.78 is 0. The normalized spacial score (nSPS) is 18.2. The van der Waals surface area contributed by atoms with Gasteiger partial charge in [0.15, 0.2) is 0 Å². The molecule has 0 radical (unpaired) electrons. The maximum absolute atomic E-state index is 12.0. The second-order valence-electron chi connectivity index (χ2n) is 4.96. The molecule has 1 saturated carbocycles. The minimum atomic E-state index is 0.00620. The Labute approximate surface area is 104 Å². The van der Waals surface area contributed by atoms with Crippen LogP contribution in [0, 0.1) is 5.92 Å². The van der Waals surface area contributed by atoms with E-state index in [9.17, 15) is 9.59 Å². The summed E-state index contributed by atoms with van der Waals surface area (Å²) in [5.74, 6) is 0.537. The quantitative estimate of drug-likeness (QED) is 0.802. The first-order valence-corrected chi connectivity index (χ1v) is 7.03. The molecule has 0 bridgehead atoms. The maximum Gasteiger partial charge on any atom is 0.220 e. The molecular weight excluding hydrogens is 214 g/mol. The fourth-order valence-corrected chi connectivity index (χ4v) is 2.50. The fourth-order valence-electron chi connectivity index (χ4n) is 2.50. The average Bonchev–Trinajstić information content (AvgIpc) is 2.26. The van der Waals surface area contributed by atoms with E-state index in [2.05, 4.69) is 5.32 Å². The van der Waals surface area contributed by atoms with Gasteiger partial charge in [-0.1, -0.05) is 32.1 Å². The lowest BCUT2D eigenvalue weighted by Gasteiger charge is -2.18. The van der Waals surface area contributed by atoms with E-state index in [4.69, 9.17) is 0 Å². The van der Waals surface area contributed by atoms with Crippen molar-refractivity contribution in [1.82, 2.24) is 5.32 Å². The van der Waals surface area contributed by atoms with E-state index in [1.807, 2.05) is 6.92 Å². The van der Waals surface area contributed by atoms with Gasteiger partial charge in [-0.2, -0.15) is 0 Å². The third-order valence-corrected chi connectivity index (χ3v) is 3.53. The number of hydrogen-bond acceptors (Lipinski definition) is 2. The molecule has 1 rings (SSSR count). The first-order valence-electron chi connectivity index (χ1n) is 7.03. The summed E-state index contributed by atoms with van der Waals surface area (Å²) >= 11 is 0. The molecule has 0 unspecified atom stereocenters. The number of Topliss-reactive ketones (excluding diaryl/α,β-unsaturated/α-hetero) is 1. The van der Waals surface area contributed by atoms with Crippen LogP contribution < -0.4 is 5.32 Å². The second kappa shape index (κ2) is 8.26. The first-order chi connectivity index (χ1) is 8.24. The molecule has 0 aromatic rings. The molecule has 1 aliphatic carbocycles. The van der Waals surface area contributed by atoms with Crippen LogP contribution in [0.1, 0.15) is 64.7 Å². The molecule has 3 heteroatoms. The smallest absolute Gasteiger partial charge is 0.220 e. The summed E-state index contributed by atoms with van der Waals surface area (Å²) in [5.41, 5.74) is 0. The van der Waals surface area contributed by atoms with E-state index < -0.39 is 0 Å². The molecule has 0 heterocycles. The number of carbonyl (C=O) groups excluding carboxylic acids is 2. The minimum absolute atomic E-state index is 0.00620. The topological polar surface area (TPSA) is 46.2 Å². The zero-order valence-corrected chi connectivity index (χ0v) is 11.0. The van der Waals surface area contributed by atoms with E-state index in [0.29, 0.717) is 25.2 Å². The van der Waals surface area contributed by atoms with Crippen molar-refractivity contribution in [2.45, 2.75) is 64.7 Å². The summed E-state index contributed by atoms with van der Waals surface area (Å²) in [4.78, 5) is 23.3. The second-order valence-corrected chi connectivity index (χ2v) is 4.96. The molecule has 17 heavy (non-hydrogen) atoms. The van der Waals surface area contributed by atoms with Gasteiger partial charge in [-0.3, -0.25) is 9.59 Å². The third kappa shape index (κ3) is 5.85. The molecule has 1 aliphatic rings. The predicted octanol–water partition coefficient (Wildman–Crippen LogP) is 2.83. The number of hydrogen-bond donors (Lipinski definition) is 1. The van der Waals surface area contributed by atoms with Crippen molar-refractivity contribution in [2.24, 2.45) is 5.92 Å². The molecule has 0 atom stereocenters. The van der Waals surface area contributed by atoms with E-state index in [1.165, 1.54) is 32.1 Å². The highest BCUT2D eigenvalue weighted by molar-refractivity contribution is 5.86. The van der Waals surface area contributed by atoms with Crippen LogP contribution in [-0.4, -0.2) is 18.2 Å². The Hall–Kier alpha value is -0.860.